The molecule has 5 nitrogen and oxygen atoms in total. The number of ether oxygens (including phenoxy) is 1. The third kappa shape index (κ3) is 6.27. The standard InChI is InChI=1S/C18H16ClFN2O3/c1-12(25-16-8-6-15(20)7-9-16)18(24)22-21-17(23)10-5-13-3-2-4-14(19)11-13/h2-12H,1H3,(H,21,23)(H,22,24)/b10-5+. The van der Waals surface area contributed by atoms with Crippen LogP contribution in [-0.4, -0.2) is 17.9 Å². The van der Waals surface area contributed by atoms with E-state index in [4.69, 9.17) is 16.3 Å². The Kier molecular flexibility index (Phi) is 6.54. The monoisotopic (exact) mass is 362 g/mol. The summed E-state index contributed by atoms with van der Waals surface area (Å²) in [5.74, 6) is -1.12. The predicted octanol–water partition coefficient (Wildman–Crippen LogP) is 3.11. The zero-order chi connectivity index (χ0) is 18.2. The van der Waals surface area contributed by atoms with Gasteiger partial charge in [-0.1, -0.05) is 23.7 Å². The lowest BCUT2D eigenvalue weighted by Gasteiger charge is -2.14. The Morgan fingerprint density at radius 1 is 1.16 bits per heavy atom. The normalized spacial score (nSPS) is 11.8. The van der Waals surface area contributed by atoms with Crippen LogP contribution in [0.3, 0.4) is 0 Å². The zero-order valence-electron chi connectivity index (χ0n) is 13.3. The van der Waals surface area contributed by atoms with Crippen molar-refractivity contribution in [3.63, 3.8) is 0 Å². The number of halogens is 2. The van der Waals surface area contributed by atoms with E-state index in [2.05, 4.69) is 10.9 Å². The van der Waals surface area contributed by atoms with Crippen LogP contribution in [0.25, 0.3) is 6.08 Å². The van der Waals surface area contributed by atoms with Gasteiger partial charge in [0, 0.05) is 11.1 Å². The van der Waals surface area contributed by atoms with E-state index in [0.29, 0.717) is 10.8 Å². The molecule has 2 aromatic rings. The summed E-state index contributed by atoms with van der Waals surface area (Å²) in [4.78, 5) is 23.6. The maximum atomic E-state index is 12.8. The fourth-order valence-corrected chi connectivity index (χ4v) is 2.02. The van der Waals surface area contributed by atoms with Crippen molar-refractivity contribution < 1.29 is 18.7 Å². The minimum absolute atomic E-state index is 0.344. The average Bonchev–Trinajstić information content (AvgIpc) is 2.60. The SMILES string of the molecule is CC(Oc1ccc(F)cc1)C(=O)NNC(=O)/C=C/c1cccc(Cl)c1. The summed E-state index contributed by atoms with van der Waals surface area (Å²) in [5.41, 5.74) is 5.24. The Labute approximate surface area is 149 Å². The van der Waals surface area contributed by atoms with Crippen LogP contribution in [0.1, 0.15) is 12.5 Å². The molecule has 25 heavy (non-hydrogen) atoms. The van der Waals surface area contributed by atoms with Gasteiger partial charge in [-0.2, -0.15) is 0 Å². The predicted molar refractivity (Wildman–Crippen MR) is 93.3 cm³/mol. The number of carbonyl (C=O) groups is 2. The third-order valence-electron chi connectivity index (χ3n) is 3.08. The minimum Gasteiger partial charge on any atom is -0.481 e. The summed E-state index contributed by atoms with van der Waals surface area (Å²) >= 11 is 5.85. The van der Waals surface area contributed by atoms with Crippen molar-refractivity contribution in [3.05, 3.63) is 71.0 Å². The fourth-order valence-electron chi connectivity index (χ4n) is 1.82. The van der Waals surface area contributed by atoms with Crippen molar-refractivity contribution in [2.24, 2.45) is 0 Å². The summed E-state index contributed by atoms with van der Waals surface area (Å²) < 4.78 is 18.2. The first kappa shape index (κ1) is 18.5. The Balaban J connectivity index is 1.80. The second-order valence-electron chi connectivity index (χ2n) is 5.08. The molecule has 0 bridgehead atoms. The minimum atomic E-state index is -0.873. The number of hydrogen-bond donors (Lipinski definition) is 2. The zero-order valence-corrected chi connectivity index (χ0v) is 14.1. The molecule has 7 heteroatoms. The highest BCUT2D eigenvalue weighted by Crippen LogP contribution is 2.13. The van der Waals surface area contributed by atoms with Gasteiger partial charge in [0.15, 0.2) is 6.10 Å². The van der Waals surface area contributed by atoms with Gasteiger partial charge in [-0.15, -0.1) is 0 Å². The van der Waals surface area contributed by atoms with E-state index in [1.165, 1.54) is 37.3 Å². The molecule has 2 N–H and O–H groups in total. The van der Waals surface area contributed by atoms with Crippen molar-refractivity contribution in [3.8, 4) is 5.75 Å². The molecular formula is C18H16ClFN2O3. The van der Waals surface area contributed by atoms with Crippen molar-refractivity contribution >= 4 is 29.5 Å². The molecule has 0 aromatic heterocycles. The molecule has 0 fully saturated rings. The lowest BCUT2D eigenvalue weighted by Crippen LogP contribution is -2.46. The number of benzene rings is 2. The fraction of sp³-hybridized carbons (Fsp3) is 0.111. The number of hydrazine groups is 1. The first-order chi connectivity index (χ1) is 11.9. The molecule has 0 saturated carbocycles. The van der Waals surface area contributed by atoms with Crippen LogP contribution in [0.4, 0.5) is 4.39 Å². The van der Waals surface area contributed by atoms with Crippen LogP contribution in [0.15, 0.2) is 54.6 Å². The largest absolute Gasteiger partial charge is 0.481 e. The summed E-state index contributed by atoms with van der Waals surface area (Å²) in [5, 5.41) is 0.558. The first-order valence-electron chi connectivity index (χ1n) is 7.40. The van der Waals surface area contributed by atoms with Crippen molar-refractivity contribution in [2.75, 3.05) is 0 Å². The number of nitrogens with one attached hydrogen (secondary N) is 2. The summed E-state index contributed by atoms with van der Waals surface area (Å²) in [6.45, 7) is 1.51. The highest BCUT2D eigenvalue weighted by Gasteiger charge is 2.14. The third-order valence-corrected chi connectivity index (χ3v) is 3.32. The van der Waals surface area contributed by atoms with E-state index in [-0.39, 0.29) is 0 Å². The van der Waals surface area contributed by atoms with Gasteiger partial charge < -0.3 is 4.74 Å². The van der Waals surface area contributed by atoms with Gasteiger partial charge in [0.25, 0.3) is 11.8 Å². The van der Waals surface area contributed by atoms with E-state index in [1.807, 2.05) is 0 Å². The molecule has 1 unspecified atom stereocenters. The molecule has 0 aliphatic heterocycles. The molecular weight excluding hydrogens is 347 g/mol. The Morgan fingerprint density at radius 3 is 2.56 bits per heavy atom. The van der Waals surface area contributed by atoms with Crippen LogP contribution in [0, 0.1) is 5.82 Å². The molecule has 0 radical (unpaired) electrons. The van der Waals surface area contributed by atoms with E-state index < -0.39 is 23.7 Å². The lowest BCUT2D eigenvalue weighted by molar-refractivity contribution is -0.131. The van der Waals surface area contributed by atoms with Crippen LogP contribution in [0.2, 0.25) is 5.02 Å². The summed E-state index contributed by atoms with van der Waals surface area (Å²) in [7, 11) is 0. The maximum Gasteiger partial charge on any atom is 0.279 e. The number of rotatable bonds is 5. The van der Waals surface area contributed by atoms with Gasteiger partial charge >= 0.3 is 0 Å². The molecule has 130 valence electrons. The van der Waals surface area contributed by atoms with Crippen molar-refractivity contribution in [1.82, 2.24) is 10.9 Å². The molecule has 0 aliphatic carbocycles. The highest BCUT2D eigenvalue weighted by molar-refractivity contribution is 6.30. The average molecular weight is 363 g/mol. The molecule has 0 aliphatic rings. The number of hydrogen-bond acceptors (Lipinski definition) is 3. The van der Waals surface area contributed by atoms with E-state index >= 15 is 0 Å². The van der Waals surface area contributed by atoms with Crippen LogP contribution < -0.4 is 15.6 Å². The van der Waals surface area contributed by atoms with Crippen LogP contribution in [-0.2, 0) is 9.59 Å². The quantitative estimate of drug-likeness (QED) is 0.634. The molecule has 2 amide bonds. The summed E-state index contributed by atoms with van der Waals surface area (Å²) in [6, 6.07) is 12.2. The lowest BCUT2D eigenvalue weighted by atomic mass is 10.2. The smallest absolute Gasteiger partial charge is 0.279 e. The second-order valence-corrected chi connectivity index (χ2v) is 5.52. The van der Waals surface area contributed by atoms with E-state index in [0.717, 1.165) is 5.56 Å². The van der Waals surface area contributed by atoms with Crippen LogP contribution in [0.5, 0.6) is 5.75 Å². The molecule has 1 atom stereocenters. The van der Waals surface area contributed by atoms with E-state index in [9.17, 15) is 14.0 Å². The molecule has 0 saturated heterocycles. The number of amides is 2. The van der Waals surface area contributed by atoms with Crippen molar-refractivity contribution in [1.29, 1.82) is 0 Å². The molecule has 0 spiro atoms. The van der Waals surface area contributed by atoms with Gasteiger partial charge in [-0.25, -0.2) is 4.39 Å². The Morgan fingerprint density at radius 2 is 1.88 bits per heavy atom. The maximum absolute atomic E-state index is 12.8. The van der Waals surface area contributed by atoms with Gasteiger partial charge in [-0.3, -0.25) is 20.4 Å². The number of carbonyl (C=O) groups excluding carboxylic acids is 2. The Bertz CT molecular complexity index is 778. The highest BCUT2D eigenvalue weighted by atomic mass is 35.5. The van der Waals surface area contributed by atoms with Gasteiger partial charge in [0.1, 0.15) is 11.6 Å². The second kappa shape index (κ2) is 8.84. The Hall–Kier alpha value is -2.86. The topological polar surface area (TPSA) is 67.4 Å². The van der Waals surface area contributed by atoms with Gasteiger partial charge in [-0.05, 0) is 55.0 Å². The molecule has 2 aromatic carbocycles. The van der Waals surface area contributed by atoms with Gasteiger partial charge in [0.05, 0.1) is 0 Å². The van der Waals surface area contributed by atoms with Gasteiger partial charge in [0.2, 0.25) is 0 Å². The van der Waals surface area contributed by atoms with Crippen molar-refractivity contribution in [2.45, 2.75) is 13.0 Å². The van der Waals surface area contributed by atoms with Crippen LogP contribution >= 0.6 is 11.6 Å². The molecule has 0 heterocycles. The summed E-state index contributed by atoms with van der Waals surface area (Å²) in [6.07, 6.45) is 1.95. The molecule has 2 rings (SSSR count). The first-order valence-corrected chi connectivity index (χ1v) is 7.77. The van der Waals surface area contributed by atoms with E-state index in [1.54, 1.807) is 30.3 Å².